The molecule has 0 fully saturated rings. The first kappa shape index (κ1) is 23.2. The second-order valence-corrected chi connectivity index (χ2v) is 10.5. The molecular weight excluding hydrogens is 460 g/mol. The Labute approximate surface area is 204 Å². The molecule has 1 aliphatic carbocycles. The molecule has 3 aromatic carbocycles. The van der Waals surface area contributed by atoms with E-state index in [1.807, 2.05) is 42.5 Å². The minimum atomic E-state index is -3.49. The lowest BCUT2D eigenvalue weighted by Crippen LogP contribution is -2.25. The zero-order chi connectivity index (χ0) is 24.4. The highest BCUT2D eigenvalue weighted by Crippen LogP contribution is 2.39. The summed E-state index contributed by atoms with van der Waals surface area (Å²) in [6.07, 6.45) is 3.14. The van der Waals surface area contributed by atoms with Crippen molar-refractivity contribution in [3.05, 3.63) is 100 Å². The molecule has 0 spiro atoms. The Morgan fingerprint density at radius 1 is 0.686 bits per heavy atom. The van der Waals surface area contributed by atoms with E-state index in [9.17, 15) is 18.0 Å². The van der Waals surface area contributed by atoms with E-state index in [0.29, 0.717) is 47.1 Å². The molecule has 35 heavy (non-hydrogen) atoms. The average Bonchev–Trinajstić information content (AvgIpc) is 3.18. The molecule has 5 rings (SSSR count). The molecule has 0 radical (unpaired) electrons. The first-order valence-electron chi connectivity index (χ1n) is 11.8. The molecule has 0 atom stereocenters. The van der Waals surface area contributed by atoms with Crippen LogP contribution in [0.25, 0.3) is 22.0 Å². The van der Waals surface area contributed by atoms with Crippen molar-refractivity contribution in [1.29, 1.82) is 0 Å². The lowest BCUT2D eigenvalue weighted by Gasteiger charge is -2.15. The molecule has 178 valence electrons. The number of carbonyl (C=O) groups is 1. The maximum absolute atomic E-state index is 13.4. The van der Waals surface area contributed by atoms with Crippen molar-refractivity contribution in [3.8, 4) is 11.3 Å². The van der Waals surface area contributed by atoms with Crippen molar-refractivity contribution in [2.24, 2.45) is 0 Å². The molecule has 1 aliphatic rings. The van der Waals surface area contributed by atoms with Gasteiger partial charge in [0.15, 0.2) is 5.78 Å². The zero-order valence-electron chi connectivity index (χ0n) is 19.2. The summed E-state index contributed by atoms with van der Waals surface area (Å²) in [5.41, 5.74) is 2.68. The fourth-order valence-corrected chi connectivity index (χ4v) is 5.88. The predicted octanol–water partition coefficient (Wildman–Crippen LogP) is 4.75. The van der Waals surface area contributed by atoms with Gasteiger partial charge in [0.2, 0.25) is 10.0 Å². The van der Waals surface area contributed by atoms with Crippen LogP contribution in [0, 0.1) is 0 Å². The van der Waals surface area contributed by atoms with E-state index in [1.165, 1.54) is 0 Å². The quantitative estimate of drug-likeness (QED) is 0.305. The van der Waals surface area contributed by atoms with Gasteiger partial charge in [0.05, 0.1) is 16.2 Å². The van der Waals surface area contributed by atoms with Gasteiger partial charge >= 0.3 is 0 Å². The number of rotatable bonds is 9. The van der Waals surface area contributed by atoms with Crippen LogP contribution >= 0.6 is 0 Å². The largest absolute Gasteiger partial charge is 0.307 e. The minimum absolute atomic E-state index is 0.0359. The van der Waals surface area contributed by atoms with Crippen molar-refractivity contribution in [2.75, 3.05) is 6.54 Å². The van der Waals surface area contributed by atoms with Gasteiger partial charge < -0.3 is 4.57 Å². The highest BCUT2D eigenvalue weighted by Gasteiger charge is 2.32. The smallest absolute Gasteiger partial charge is 0.258 e. The lowest BCUT2D eigenvalue weighted by molar-refractivity contribution is 0.104. The summed E-state index contributed by atoms with van der Waals surface area (Å²) < 4.78 is 29.0. The molecule has 6 nitrogen and oxygen atoms in total. The SMILES string of the molecule is O=C1c2ccccc2-c2c1c1ccccc1c(=O)n2CCCCCCNS(=O)(=O)c1ccccc1. The van der Waals surface area contributed by atoms with Crippen LogP contribution in [0.4, 0.5) is 0 Å². The first-order valence-corrected chi connectivity index (χ1v) is 13.3. The Morgan fingerprint density at radius 3 is 2.09 bits per heavy atom. The van der Waals surface area contributed by atoms with Crippen molar-refractivity contribution < 1.29 is 13.2 Å². The molecule has 1 N–H and O–H groups in total. The summed E-state index contributed by atoms with van der Waals surface area (Å²) in [7, 11) is -3.49. The maximum atomic E-state index is 13.4. The van der Waals surface area contributed by atoms with E-state index in [1.54, 1.807) is 41.0 Å². The van der Waals surface area contributed by atoms with Crippen LogP contribution in [0.15, 0.2) is 88.6 Å². The number of ketones is 1. The third-order valence-electron chi connectivity index (χ3n) is 6.49. The van der Waals surface area contributed by atoms with Crippen molar-refractivity contribution >= 4 is 26.6 Å². The number of benzene rings is 3. The number of aromatic nitrogens is 1. The van der Waals surface area contributed by atoms with E-state index in [4.69, 9.17) is 0 Å². The monoisotopic (exact) mass is 486 g/mol. The molecule has 1 aromatic heterocycles. The van der Waals surface area contributed by atoms with E-state index in [2.05, 4.69) is 4.72 Å². The summed E-state index contributed by atoms with van der Waals surface area (Å²) >= 11 is 0. The minimum Gasteiger partial charge on any atom is -0.307 e. The summed E-state index contributed by atoms with van der Waals surface area (Å²) in [6.45, 7) is 0.869. The van der Waals surface area contributed by atoms with Crippen LogP contribution in [0.3, 0.4) is 0 Å². The molecule has 0 unspecified atom stereocenters. The van der Waals surface area contributed by atoms with Gasteiger partial charge in [-0.2, -0.15) is 0 Å². The number of nitrogens with one attached hydrogen (secondary N) is 1. The summed E-state index contributed by atoms with van der Waals surface area (Å²) in [6, 6.07) is 23.1. The van der Waals surface area contributed by atoms with Crippen molar-refractivity contribution in [2.45, 2.75) is 37.1 Å². The predicted molar refractivity (Wildman–Crippen MR) is 137 cm³/mol. The normalized spacial score (nSPS) is 12.6. The van der Waals surface area contributed by atoms with E-state index < -0.39 is 10.0 Å². The second kappa shape index (κ2) is 9.60. The number of fused-ring (bicyclic) bond motifs is 5. The fourth-order valence-electron chi connectivity index (χ4n) is 4.78. The van der Waals surface area contributed by atoms with Gasteiger partial charge in [-0.1, -0.05) is 73.5 Å². The lowest BCUT2D eigenvalue weighted by atomic mass is 10.0. The molecule has 0 aliphatic heterocycles. The Hall–Kier alpha value is -3.55. The molecule has 4 aromatic rings. The topological polar surface area (TPSA) is 85.2 Å². The number of sulfonamides is 1. The number of pyridine rings is 1. The van der Waals surface area contributed by atoms with Gasteiger partial charge in [0.1, 0.15) is 0 Å². The van der Waals surface area contributed by atoms with Gasteiger partial charge in [0, 0.05) is 35.0 Å². The average molecular weight is 487 g/mol. The van der Waals surface area contributed by atoms with E-state index in [-0.39, 0.29) is 16.2 Å². The second-order valence-electron chi connectivity index (χ2n) is 8.73. The summed E-state index contributed by atoms with van der Waals surface area (Å²) in [5.74, 6) is -0.0359. The van der Waals surface area contributed by atoms with Gasteiger partial charge in [-0.25, -0.2) is 13.1 Å². The number of hydrogen-bond acceptors (Lipinski definition) is 4. The van der Waals surface area contributed by atoms with Crippen molar-refractivity contribution in [3.63, 3.8) is 0 Å². The Morgan fingerprint density at radius 2 is 1.31 bits per heavy atom. The summed E-state index contributed by atoms with van der Waals surface area (Å²) in [4.78, 5) is 26.9. The van der Waals surface area contributed by atoms with Crippen LogP contribution in [0.1, 0.15) is 41.6 Å². The standard InChI is InChI=1S/C28H26N2O4S/c31-27-23-16-8-7-15-22(23)26-25(27)21-14-6-9-17-24(21)28(32)30(26)19-11-2-1-10-18-29-35(33,34)20-12-4-3-5-13-20/h3-9,12-17,29H,1-2,10-11,18-19H2. The highest BCUT2D eigenvalue weighted by molar-refractivity contribution is 7.89. The van der Waals surface area contributed by atoms with Crippen molar-refractivity contribution in [1.82, 2.24) is 9.29 Å². The first-order chi connectivity index (χ1) is 17.0. The summed E-state index contributed by atoms with van der Waals surface area (Å²) in [5, 5.41) is 1.26. The Balaban J connectivity index is 1.28. The zero-order valence-corrected chi connectivity index (χ0v) is 20.1. The van der Waals surface area contributed by atoms with Gasteiger partial charge in [-0.05, 0) is 31.0 Å². The molecule has 0 amide bonds. The third kappa shape index (κ3) is 4.33. The van der Waals surface area contributed by atoms with E-state index in [0.717, 1.165) is 24.8 Å². The third-order valence-corrected chi connectivity index (χ3v) is 7.96. The Bertz CT molecular complexity index is 1570. The molecule has 0 saturated heterocycles. The van der Waals surface area contributed by atoms with Crippen LogP contribution in [-0.4, -0.2) is 25.3 Å². The van der Waals surface area contributed by atoms with Gasteiger partial charge in [-0.15, -0.1) is 0 Å². The molecular formula is C28H26N2O4S. The van der Waals surface area contributed by atoms with E-state index >= 15 is 0 Å². The number of carbonyl (C=O) groups excluding carboxylic acids is 1. The van der Waals surface area contributed by atoms with Crippen LogP contribution in [-0.2, 0) is 16.6 Å². The molecule has 1 heterocycles. The Kier molecular flexibility index (Phi) is 6.36. The van der Waals surface area contributed by atoms with Crippen LogP contribution < -0.4 is 10.3 Å². The maximum Gasteiger partial charge on any atom is 0.258 e. The fraction of sp³-hybridized carbons (Fsp3) is 0.214. The number of unbranched alkanes of at least 4 members (excludes halogenated alkanes) is 3. The number of nitrogens with zero attached hydrogens (tertiary/aromatic N) is 1. The highest BCUT2D eigenvalue weighted by atomic mass is 32.2. The molecule has 7 heteroatoms. The van der Waals surface area contributed by atoms with Crippen LogP contribution in [0.5, 0.6) is 0 Å². The van der Waals surface area contributed by atoms with Gasteiger partial charge in [0.25, 0.3) is 5.56 Å². The van der Waals surface area contributed by atoms with Gasteiger partial charge in [-0.3, -0.25) is 9.59 Å². The van der Waals surface area contributed by atoms with Crippen LogP contribution in [0.2, 0.25) is 0 Å². The molecule has 0 bridgehead atoms. The number of hydrogen-bond donors (Lipinski definition) is 1. The molecule has 0 saturated carbocycles.